The zero-order chi connectivity index (χ0) is 16.5. The highest BCUT2D eigenvalue weighted by molar-refractivity contribution is 6.30. The lowest BCUT2D eigenvalue weighted by Crippen LogP contribution is -1.89. The van der Waals surface area contributed by atoms with Crippen molar-refractivity contribution in [2.24, 2.45) is 0 Å². The highest BCUT2D eigenvalue weighted by Gasteiger charge is 2.12. The molecule has 0 aromatic heterocycles. The molecule has 0 amide bonds. The van der Waals surface area contributed by atoms with Gasteiger partial charge in [-0.1, -0.05) is 48.5 Å². The van der Waals surface area contributed by atoms with Crippen LogP contribution < -0.4 is 5.73 Å². The Morgan fingerprint density at radius 1 is 0.440 bits per heavy atom. The molecular weight excluding hydrogens is 302 g/mol. The Bertz CT molecular complexity index is 1420. The van der Waals surface area contributed by atoms with E-state index in [1.165, 1.54) is 53.9 Å². The van der Waals surface area contributed by atoms with Crippen molar-refractivity contribution < 1.29 is 0 Å². The fourth-order valence-corrected chi connectivity index (χ4v) is 4.34. The van der Waals surface area contributed by atoms with Gasteiger partial charge in [-0.05, 0) is 84.2 Å². The molecule has 0 saturated heterocycles. The second-order valence-corrected chi connectivity index (χ2v) is 6.92. The lowest BCUT2D eigenvalue weighted by molar-refractivity contribution is 1.77. The van der Waals surface area contributed by atoms with Gasteiger partial charge in [0.2, 0.25) is 0 Å². The van der Waals surface area contributed by atoms with Gasteiger partial charge in [-0.2, -0.15) is 0 Å². The lowest BCUT2D eigenvalue weighted by Gasteiger charge is -2.14. The topological polar surface area (TPSA) is 26.0 Å². The van der Waals surface area contributed by atoms with Crippen LogP contribution >= 0.6 is 0 Å². The molecule has 0 radical (unpaired) electrons. The van der Waals surface area contributed by atoms with Crippen molar-refractivity contribution >= 4 is 59.5 Å². The monoisotopic (exact) mass is 317 g/mol. The maximum Gasteiger partial charge on any atom is 0.0326 e. The summed E-state index contributed by atoms with van der Waals surface area (Å²) in [6, 6.07) is 28.5. The van der Waals surface area contributed by atoms with E-state index >= 15 is 0 Å². The quantitative estimate of drug-likeness (QED) is 0.194. The van der Waals surface area contributed by atoms with Gasteiger partial charge >= 0.3 is 0 Å². The number of rotatable bonds is 0. The molecule has 116 valence electrons. The van der Waals surface area contributed by atoms with E-state index in [1.807, 2.05) is 0 Å². The highest BCUT2D eigenvalue weighted by Crippen LogP contribution is 2.40. The smallest absolute Gasteiger partial charge is 0.0326 e. The normalized spacial score (nSPS) is 12.2. The molecule has 0 bridgehead atoms. The van der Waals surface area contributed by atoms with Gasteiger partial charge in [0.05, 0.1) is 0 Å². The van der Waals surface area contributed by atoms with Crippen molar-refractivity contribution in [3.63, 3.8) is 0 Å². The fraction of sp³-hybridized carbons (Fsp3) is 0. The maximum atomic E-state index is 6.08. The Labute approximate surface area is 144 Å². The van der Waals surface area contributed by atoms with Crippen LogP contribution in [0, 0.1) is 0 Å². The van der Waals surface area contributed by atoms with Gasteiger partial charge < -0.3 is 5.73 Å². The number of nitrogen functional groups attached to an aromatic ring is 1. The summed E-state index contributed by atoms with van der Waals surface area (Å²) in [6.45, 7) is 0. The van der Waals surface area contributed by atoms with Crippen molar-refractivity contribution in [3.05, 3.63) is 78.9 Å². The standard InChI is InChI=1S/C24H15N/c25-20-11-17-6-5-16-10-19-9-14-3-1-2-4-15(14)13-22(19)21-8-7-18(12-20)23(17)24(16)21/h1-13H,25H2. The Hall–Kier alpha value is -3.32. The largest absolute Gasteiger partial charge is 0.399 e. The summed E-state index contributed by atoms with van der Waals surface area (Å²) in [5, 5.41) is 12.9. The molecule has 0 atom stereocenters. The van der Waals surface area contributed by atoms with Crippen molar-refractivity contribution in [2.45, 2.75) is 0 Å². The minimum Gasteiger partial charge on any atom is -0.399 e. The van der Waals surface area contributed by atoms with Gasteiger partial charge in [0.15, 0.2) is 0 Å². The molecule has 1 nitrogen and oxygen atoms in total. The van der Waals surface area contributed by atoms with E-state index in [2.05, 4.69) is 78.9 Å². The summed E-state index contributed by atoms with van der Waals surface area (Å²) in [5.41, 5.74) is 6.90. The number of nitrogens with two attached hydrogens (primary N) is 1. The van der Waals surface area contributed by atoms with Crippen molar-refractivity contribution in [1.29, 1.82) is 0 Å². The number of fused-ring (bicyclic) bond motifs is 3. The summed E-state index contributed by atoms with van der Waals surface area (Å²) in [6.07, 6.45) is 0. The van der Waals surface area contributed by atoms with E-state index < -0.39 is 0 Å². The zero-order valence-corrected chi connectivity index (χ0v) is 13.6. The molecule has 25 heavy (non-hydrogen) atoms. The molecule has 0 aliphatic heterocycles. The molecule has 6 aromatic rings. The van der Waals surface area contributed by atoms with E-state index in [0.717, 1.165) is 5.69 Å². The Morgan fingerprint density at radius 3 is 1.80 bits per heavy atom. The predicted molar refractivity (Wildman–Crippen MR) is 110 cm³/mol. The molecule has 6 aromatic carbocycles. The van der Waals surface area contributed by atoms with Gasteiger partial charge in [-0.25, -0.2) is 0 Å². The summed E-state index contributed by atoms with van der Waals surface area (Å²) in [5.74, 6) is 0. The number of benzene rings is 6. The predicted octanol–water partition coefficient (Wildman–Crippen LogP) is 6.47. The highest BCUT2D eigenvalue weighted by atomic mass is 14.5. The van der Waals surface area contributed by atoms with Gasteiger partial charge in [-0.15, -0.1) is 0 Å². The average Bonchev–Trinajstić information content (AvgIpc) is 2.63. The first-order valence-electron chi connectivity index (χ1n) is 8.57. The molecule has 0 unspecified atom stereocenters. The lowest BCUT2D eigenvalue weighted by atomic mass is 9.90. The number of hydrogen-bond acceptors (Lipinski definition) is 1. The van der Waals surface area contributed by atoms with Crippen LogP contribution in [0.25, 0.3) is 53.9 Å². The Morgan fingerprint density at radius 2 is 1.04 bits per heavy atom. The third-order valence-corrected chi connectivity index (χ3v) is 5.42. The molecule has 2 N–H and O–H groups in total. The van der Waals surface area contributed by atoms with E-state index in [0.29, 0.717) is 0 Å². The van der Waals surface area contributed by atoms with E-state index in [9.17, 15) is 0 Å². The number of anilines is 1. The molecule has 0 aliphatic rings. The average molecular weight is 317 g/mol. The van der Waals surface area contributed by atoms with E-state index in [4.69, 9.17) is 5.73 Å². The van der Waals surface area contributed by atoms with Crippen molar-refractivity contribution in [3.8, 4) is 0 Å². The molecule has 0 heterocycles. The Balaban J connectivity index is 1.93. The van der Waals surface area contributed by atoms with Crippen LogP contribution in [0.3, 0.4) is 0 Å². The minimum atomic E-state index is 0.821. The fourth-order valence-electron chi connectivity index (χ4n) is 4.34. The minimum absolute atomic E-state index is 0.821. The van der Waals surface area contributed by atoms with Crippen LogP contribution in [0.5, 0.6) is 0 Å². The summed E-state index contributed by atoms with van der Waals surface area (Å²) in [7, 11) is 0. The van der Waals surface area contributed by atoms with Crippen molar-refractivity contribution in [2.75, 3.05) is 5.73 Å². The van der Waals surface area contributed by atoms with Gasteiger partial charge in [-0.3, -0.25) is 0 Å². The van der Waals surface area contributed by atoms with Gasteiger partial charge in [0.25, 0.3) is 0 Å². The van der Waals surface area contributed by atoms with Crippen LogP contribution in [0.4, 0.5) is 5.69 Å². The molecule has 1 heteroatoms. The van der Waals surface area contributed by atoms with E-state index in [-0.39, 0.29) is 0 Å². The van der Waals surface area contributed by atoms with Crippen LogP contribution in [0.2, 0.25) is 0 Å². The van der Waals surface area contributed by atoms with Crippen LogP contribution in [0.1, 0.15) is 0 Å². The third-order valence-electron chi connectivity index (χ3n) is 5.42. The number of hydrogen-bond donors (Lipinski definition) is 1. The molecule has 6 rings (SSSR count). The first-order valence-corrected chi connectivity index (χ1v) is 8.57. The summed E-state index contributed by atoms with van der Waals surface area (Å²) >= 11 is 0. The van der Waals surface area contributed by atoms with Crippen LogP contribution in [-0.2, 0) is 0 Å². The molecule has 0 fully saturated rings. The van der Waals surface area contributed by atoms with Gasteiger partial charge in [0.1, 0.15) is 0 Å². The molecule has 0 aliphatic carbocycles. The zero-order valence-electron chi connectivity index (χ0n) is 13.6. The first-order chi connectivity index (χ1) is 12.3. The third kappa shape index (κ3) is 1.67. The Kier molecular flexibility index (Phi) is 2.29. The maximum absolute atomic E-state index is 6.08. The summed E-state index contributed by atoms with van der Waals surface area (Å²) < 4.78 is 0. The van der Waals surface area contributed by atoms with E-state index in [1.54, 1.807) is 0 Å². The second kappa shape index (κ2) is 4.40. The first kappa shape index (κ1) is 13.0. The SMILES string of the molecule is Nc1cc2ccc3cc4cc5ccccc5cc4c4ccc(c1)c2c34. The van der Waals surface area contributed by atoms with Crippen molar-refractivity contribution in [1.82, 2.24) is 0 Å². The summed E-state index contributed by atoms with van der Waals surface area (Å²) in [4.78, 5) is 0. The van der Waals surface area contributed by atoms with Crippen LogP contribution in [0.15, 0.2) is 78.9 Å². The second-order valence-electron chi connectivity index (χ2n) is 6.92. The van der Waals surface area contributed by atoms with Gasteiger partial charge in [0, 0.05) is 5.69 Å². The van der Waals surface area contributed by atoms with Crippen LogP contribution in [-0.4, -0.2) is 0 Å². The molecular formula is C24H15N. The molecule has 0 spiro atoms. The molecule has 0 saturated carbocycles.